The zero-order valence-corrected chi connectivity index (χ0v) is 23.8. The second kappa shape index (κ2) is 12.5. The number of carbonyl (C=O) groups excluding carboxylic acids is 2. The highest BCUT2D eigenvalue weighted by atomic mass is 16.2. The molecule has 0 radical (unpaired) electrons. The summed E-state index contributed by atoms with van der Waals surface area (Å²) in [6.45, 7) is 4.53. The maximum absolute atomic E-state index is 13.4. The highest BCUT2D eigenvalue weighted by Crippen LogP contribution is 2.43. The molecule has 7 nitrogen and oxygen atoms in total. The Morgan fingerprint density at radius 3 is 1.83 bits per heavy atom. The Morgan fingerprint density at radius 2 is 1.24 bits per heavy atom. The number of para-hydroxylation sites is 1. The van der Waals surface area contributed by atoms with Crippen molar-refractivity contribution in [2.24, 2.45) is 0 Å². The fourth-order valence-electron chi connectivity index (χ4n) is 6.29. The number of nitrogens with zero attached hydrogens (tertiary/aromatic N) is 2. The van der Waals surface area contributed by atoms with Crippen LogP contribution in [-0.4, -0.2) is 56.1 Å². The van der Waals surface area contributed by atoms with Crippen LogP contribution in [-0.2, 0) is 5.41 Å². The number of rotatable bonds is 6. The highest BCUT2D eigenvalue weighted by molar-refractivity contribution is 6.04. The second-order valence-corrected chi connectivity index (χ2v) is 11.0. The van der Waals surface area contributed by atoms with E-state index in [4.69, 9.17) is 0 Å². The molecule has 0 unspecified atom stereocenters. The predicted molar refractivity (Wildman–Crippen MR) is 169 cm³/mol. The molecule has 2 fully saturated rings. The fourth-order valence-corrected chi connectivity index (χ4v) is 6.29. The summed E-state index contributed by atoms with van der Waals surface area (Å²) in [6.07, 6.45) is 1.86. The van der Waals surface area contributed by atoms with E-state index in [2.05, 4.69) is 81.5 Å². The van der Waals surface area contributed by atoms with Gasteiger partial charge in [0, 0.05) is 55.9 Å². The van der Waals surface area contributed by atoms with Crippen LogP contribution in [0.5, 0.6) is 0 Å². The molecule has 2 aliphatic heterocycles. The molecule has 6 rings (SSSR count). The van der Waals surface area contributed by atoms with Gasteiger partial charge in [0.15, 0.2) is 0 Å². The molecule has 2 aliphatic rings. The van der Waals surface area contributed by atoms with Gasteiger partial charge in [-0.2, -0.15) is 0 Å². The van der Waals surface area contributed by atoms with Crippen molar-refractivity contribution in [2.45, 2.75) is 18.3 Å². The van der Waals surface area contributed by atoms with Crippen LogP contribution < -0.4 is 20.9 Å². The Labute approximate surface area is 247 Å². The summed E-state index contributed by atoms with van der Waals surface area (Å²) >= 11 is 0. The van der Waals surface area contributed by atoms with E-state index < -0.39 is 0 Å². The summed E-state index contributed by atoms with van der Waals surface area (Å²) in [7, 11) is 0. The lowest BCUT2D eigenvalue weighted by atomic mass is 9.68. The second-order valence-electron chi connectivity index (χ2n) is 11.0. The van der Waals surface area contributed by atoms with Gasteiger partial charge in [-0.1, -0.05) is 78.9 Å². The molecule has 3 N–H and O–H groups in total. The number of hydrogen-bond donors (Lipinski definition) is 3. The van der Waals surface area contributed by atoms with Gasteiger partial charge >= 0.3 is 6.03 Å². The third-order valence-corrected chi connectivity index (χ3v) is 8.54. The molecule has 4 aromatic carbocycles. The van der Waals surface area contributed by atoms with E-state index in [0.29, 0.717) is 30.0 Å². The van der Waals surface area contributed by atoms with Crippen LogP contribution >= 0.6 is 0 Å². The number of hydrogen-bond acceptors (Lipinski definition) is 4. The summed E-state index contributed by atoms with van der Waals surface area (Å²) in [5, 5.41) is 9.28. The van der Waals surface area contributed by atoms with Crippen molar-refractivity contribution in [1.82, 2.24) is 10.2 Å². The van der Waals surface area contributed by atoms with Crippen LogP contribution in [0.2, 0.25) is 0 Å². The third kappa shape index (κ3) is 5.87. The minimum atomic E-state index is -0.339. The van der Waals surface area contributed by atoms with Crippen molar-refractivity contribution in [3.05, 3.63) is 126 Å². The molecule has 2 heterocycles. The fraction of sp³-hybridized carbons (Fsp3) is 0.257. The number of nitrogens with one attached hydrogen (secondary N) is 3. The largest absolute Gasteiger partial charge is 0.370 e. The standard InChI is InChI=1S/C35H37N5O2/c41-33(40-24-20-36-21-25-40)27-16-17-32(31(26-27)38-34(42)37-30-14-8-3-9-15-30)39-22-18-35(19-23-39,28-10-4-1-5-11-28)29-12-6-2-7-13-29/h1-17,26,36H,18-25H2,(H2,37,38,42). The number of amides is 3. The molecular weight excluding hydrogens is 522 g/mol. The van der Waals surface area contributed by atoms with Gasteiger partial charge in [-0.3, -0.25) is 4.79 Å². The minimum Gasteiger partial charge on any atom is -0.370 e. The van der Waals surface area contributed by atoms with Gasteiger partial charge in [-0.15, -0.1) is 0 Å². The zero-order chi connectivity index (χ0) is 28.8. The van der Waals surface area contributed by atoms with Crippen LogP contribution in [0.25, 0.3) is 0 Å². The molecule has 2 saturated heterocycles. The summed E-state index contributed by atoms with van der Waals surface area (Å²) < 4.78 is 0. The Bertz CT molecular complexity index is 1460. The van der Waals surface area contributed by atoms with Gasteiger partial charge in [-0.25, -0.2) is 4.79 Å². The first-order chi connectivity index (χ1) is 20.6. The lowest BCUT2D eigenvalue weighted by molar-refractivity contribution is 0.0736. The summed E-state index contributed by atoms with van der Waals surface area (Å²) in [5.41, 5.74) is 5.41. The van der Waals surface area contributed by atoms with Gasteiger partial charge in [0.1, 0.15) is 0 Å². The van der Waals surface area contributed by atoms with Crippen molar-refractivity contribution in [1.29, 1.82) is 0 Å². The maximum atomic E-state index is 13.4. The number of anilines is 3. The van der Waals surface area contributed by atoms with Crippen molar-refractivity contribution < 1.29 is 9.59 Å². The number of benzene rings is 4. The number of piperazine rings is 1. The Kier molecular flexibility index (Phi) is 8.19. The Balaban J connectivity index is 1.28. The van der Waals surface area contributed by atoms with Crippen LogP contribution in [0.1, 0.15) is 34.3 Å². The van der Waals surface area contributed by atoms with Crippen molar-refractivity contribution >= 4 is 29.0 Å². The van der Waals surface area contributed by atoms with Gasteiger partial charge in [0.25, 0.3) is 5.91 Å². The van der Waals surface area contributed by atoms with Gasteiger partial charge in [0.05, 0.1) is 11.4 Å². The lowest BCUT2D eigenvalue weighted by Gasteiger charge is -2.44. The topological polar surface area (TPSA) is 76.7 Å². The SMILES string of the molecule is O=C(Nc1ccccc1)Nc1cc(C(=O)N2CCNCC2)ccc1N1CCC(c2ccccc2)(c2ccccc2)CC1. The Morgan fingerprint density at radius 1 is 0.667 bits per heavy atom. The van der Waals surface area contributed by atoms with Gasteiger partial charge < -0.3 is 25.8 Å². The first kappa shape index (κ1) is 27.5. The van der Waals surface area contributed by atoms with Crippen molar-refractivity contribution in [3.8, 4) is 0 Å². The molecule has 3 amide bonds. The molecule has 0 atom stereocenters. The van der Waals surface area contributed by atoms with Crippen LogP contribution in [0.4, 0.5) is 21.9 Å². The smallest absolute Gasteiger partial charge is 0.323 e. The summed E-state index contributed by atoms with van der Waals surface area (Å²) in [4.78, 5) is 30.7. The number of urea groups is 1. The molecule has 0 spiro atoms. The number of piperidine rings is 1. The van der Waals surface area contributed by atoms with E-state index in [1.165, 1.54) is 11.1 Å². The molecule has 42 heavy (non-hydrogen) atoms. The van der Waals surface area contributed by atoms with Gasteiger partial charge in [-0.05, 0) is 54.3 Å². The van der Waals surface area contributed by atoms with Crippen molar-refractivity contribution in [3.63, 3.8) is 0 Å². The molecule has 7 heteroatoms. The molecule has 0 bridgehead atoms. The molecule has 0 aromatic heterocycles. The van der Waals surface area contributed by atoms with E-state index in [9.17, 15) is 9.59 Å². The minimum absolute atomic E-state index is 0.0135. The average molecular weight is 560 g/mol. The van der Waals surface area contributed by atoms with Crippen LogP contribution in [0.15, 0.2) is 109 Å². The monoisotopic (exact) mass is 559 g/mol. The predicted octanol–water partition coefficient (Wildman–Crippen LogP) is 5.96. The molecule has 214 valence electrons. The number of carbonyl (C=O) groups is 2. The zero-order valence-electron chi connectivity index (χ0n) is 23.8. The van der Waals surface area contributed by atoms with Crippen molar-refractivity contribution in [2.75, 3.05) is 54.8 Å². The molecular formula is C35H37N5O2. The normalized spacial score (nSPS) is 16.5. The van der Waals surface area contributed by atoms with Crippen LogP contribution in [0.3, 0.4) is 0 Å². The van der Waals surface area contributed by atoms with E-state index in [-0.39, 0.29) is 17.4 Å². The molecule has 0 aliphatic carbocycles. The van der Waals surface area contributed by atoms with E-state index in [1.807, 2.05) is 53.4 Å². The lowest BCUT2D eigenvalue weighted by Crippen LogP contribution is -2.46. The summed E-state index contributed by atoms with van der Waals surface area (Å²) in [6, 6.07) is 36.3. The highest BCUT2D eigenvalue weighted by Gasteiger charge is 2.38. The van der Waals surface area contributed by atoms with E-state index in [1.54, 1.807) is 0 Å². The van der Waals surface area contributed by atoms with Crippen LogP contribution in [0, 0.1) is 0 Å². The quantitative estimate of drug-likeness (QED) is 0.272. The maximum Gasteiger partial charge on any atom is 0.323 e. The van der Waals surface area contributed by atoms with E-state index >= 15 is 0 Å². The molecule has 0 saturated carbocycles. The first-order valence-electron chi connectivity index (χ1n) is 14.8. The molecule has 4 aromatic rings. The third-order valence-electron chi connectivity index (χ3n) is 8.54. The van der Waals surface area contributed by atoms with E-state index in [0.717, 1.165) is 44.7 Å². The summed E-state index contributed by atoms with van der Waals surface area (Å²) in [5.74, 6) is -0.0135. The first-order valence-corrected chi connectivity index (χ1v) is 14.8. The Hall–Kier alpha value is -4.62. The van der Waals surface area contributed by atoms with Gasteiger partial charge in [0.2, 0.25) is 0 Å². The average Bonchev–Trinajstić information content (AvgIpc) is 3.06.